The van der Waals surface area contributed by atoms with E-state index in [1.807, 2.05) is 6.92 Å². The maximum Gasteiger partial charge on any atom is 0.310 e. The number of halogens is 1. The van der Waals surface area contributed by atoms with E-state index in [1.165, 1.54) is 19.2 Å². The fourth-order valence-corrected chi connectivity index (χ4v) is 1.62. The Morgan fingerprint density at radius 1 is 1.56 bits per heavy atom. The van der Waals surface area contributed by atoms with Gasteiger partial charge in [0.25, 0.3) is 0 Å². The summed E-state index contributed by atoms with van der Waals surface area (Å²) in [7, 11) is 1.37. The van der Waals surface area contributed by atoms with Crippen LogP contribution in [0, 0.1) is 5.82 Å². The van der Waals surface area contributed by atoms with Crippen molar-refractivity contribution in [2.75, 3.05) is 7.11 Å². The van der Waals surface area contributed by atoms with Crippen molar-refractivity contribution < 1.29 is 19.0 Å². The largest absolute Gasteiger partial charge is 0.494 e. The minimum absolute atomic E-state index is 0.129. The lowest BCUT2D eigenvalue weighted by Gasteiger charge is -2.12. The van der Waals surface area contributed by atoms with E-state index in [0.717, 1.165) is 6.42 Å². The molecule has 1 atom stereocenters. The number of carboxylic acid groups (broad SMARTS) is 1. The zero-order chi connectivity index (χ0) is 12.1. The molecule has 0 aliphatic rings. The molecule has 0 spiro atoms. The molecule has 0 aromatic heterocycles. The Morgan fingerprint density at radius 2 is 2.25 bits per heavy atom. The lowest BCUT2D eigenvalue weighted by Crippen LogP contribution is -2.11. The second kappa shape index (κ2) is 5.49. The average Bonchev–Trinajstić information content (AvgIpc) is 2.25. The van der Waals surface area contributed by atoms with Crippen LogP contribution in [0.5, 0.6) is 5.75 Å². The van der Waals surface area contributed by atoms with Gasteiger partial charge in [-0.3, -0.25) is 4.79 Å². The Hall–Kier alpha value is -1.58. The average molecular weight is 226 g/mol. The number of hydrogen-bond donors (Lipinski definition) is 1. The van der Waals surface area contributed by atoms with Crippen LogP contribution in [0.4, 0.5) is 4.39 Å². The Balaban J connectivity index is 3.01. The van der Waals surface area contributed by atoms with E-state index in [0.29, 0.717) is 12.0 Å². The number of carboxylic acids is 1. The molecule has 0 aliphatic heterocycles. The minimum atomic E-state index is -0.925. The number of benzene rings is 1. The number of rotatable bonds is 5. The summed E-state index contributed by atoms with van der Waals surface area (Å²) in [5, 5.41) is 9.02. The standard InChI is InChI=1S/C12H15FO3/c1-3-4-9(12(14)15)8-5-6-11(16-2)10(13)7-8/h5-7,9H,3-4H2,1-2H3,(H,14,15). The Kier molecular flexibility index (Phi) is 4.28. The zero-order valence-corrected chi connectivity index (χ0v) is 9.37. The molecule has 0 saturated carbocycles. The van der Waals surface area contributed by atoms with Crippen molar-refractivity contribution in [3.05, 3.63) is 29.6 Å². The van der Waals surface area contributed by atoms with Crippen LogP contribution in [-0.2, 0) is 4.79 Å². The van der Waals surface area contributed by atoms with Crippen LogP contribution in [-0.4, -0.2) is 18.2 Å². The van der Waals surface area contributed by atoms with Gasteiger partial charge in [-0.1, -0.05) is 19.4 Å². The van der Waals surface area contributed by atoms with Crippen molar-refractivity contribution in [2.24, 2.45) is 0 Å². The zero-order valence-electron chi connectivity index (χ0n) is 9.37. The summed E-state index contributed by atoms with van der Waals surface area (Å²) in [6.07, 6.45) is 1.24. The maximum atomic E-state index is 13.4. The normalized spacial score (nSPS) is 12.2. The van der Waals surface area contributed by atoms with Gasteiger partial charge in [-0.05, 0) is 24.1 Å². The molecular weight excluding hydrogens is 211 g/mol. The van der Waals surface area contributed by atoms with Gasteiger partial charge in [-0.15, -0.1) is 0 Å². The first-order chi connectivity index (χ1) is 7.60. The van der Waals surface area contributed by atoms with Gasteiger partial charge >= 0.3 is 5.97 Å². The molecule has 1 unspecified atom stereocenters. The summed E-state index contributed by atoms with van der Waals surface area (Å²) < 4.78 is 18.2. The molecule has 0 bridgehead atoms. The fourth-order valence-electron chi connectivity index (χ4n) is 1.62. The van der Waals surface area contributed by atoms with Crippen LogP contribution in [0.25, 0.3) is 0 Å². The first-order valence-corrected chi connectivity index (χ1v) is 5.16. The highest BCUT2D eigenvalue weighted by Gasteiger charge is 2.20. The van der Waals surface area contributed by atoms with Crippen LogP contribution >= 0.6 is 0 Å². The number of carbonyl (C=O) groups is 1. The van der Waals surface area contributed by atoms with Gasteiger partial charge in [-0.2, -0.15) is 0 Å². The molecule has 0 aliphatic carbocycles. The fraction of sp³-hybridized carbons (Fsp3) is 0.417. The van der Waals surface area contributed by atoms with Crippen molar-refractivity contribution in [2.45, 2.75) is 25.7 Å². The molecule has 16 heavy (non-hydrogen) atoms. The number of aliphatic carboxylic acids is 1. The maximum absolute atomic E-state index is 13.4. The van der Waals surface area contributed by atoms with Gasteiger partial charge in [0.15, 0.2) is 11.6 Å². The topological polar surface area (TPSA) is 46.5 Å². The van der Waals surface area contributed by atoms with Gasteiger partial charge in [0, 0.05) is 0 Å². The third kappa shape index (κ3) is 2.72. The van der Waals surface area contributed by atoms with E-state index in [4.69, 9.17) is 9.84 Å². The minimum Gasteiger partial charge on any atom is -0.494 e. The Bertz CT molecular complexity index is 377. The summed E-state index contributed by atoms with van der Waals surface area (Å²) in [6.45, 7) is 1.90. The molecule has 1 aromatic rings. The summed E-state index contributed by atoms with van der Waals surface area (Å²) in [4.78, 5) is 11.0. The molecule has 3 nitrogen and oxygen atoms in total. The quantitative estimate of drug-likeness (QED) is 0.839. The predicted octanol–water partition coefficient (Wildman–Crippen LogP) is 2.80. The van der Waals surface area contributed by atoms with Gasteiger partial charge < -0.3 is 9.84 Å². The van der Waals surface area contributed by atoms with Crippen LogP contribution in [0.2, 0.25) is 0 Å². The first kappa shape index (κ1) is 12.5. The van der Waals surface area contributed by atoms with Gasteiger partial charge in [0.1, 0.15) is 0 Å². The lowest BCUT2D eigenvalue weighted by atomic mass is 9.94. The van der Waals surface area contributed by atoms with Gasteiger partial charge in [0.2, 0.25) is 0 Å². The van der Waals surface area contributed by atoms with E-state index >= 15 is 0 Å². The molecular formula is C12H15FO3. The van der Waals surface area contributed by atoms with Gasteiger partial charge in [0.05, 0.1) is 13.0 Å². The second-order valence-corrected chi connectivity index (χ2v) is 3.57. The van der Waals surface area contributed by atoms with Crippen molar-refractivity contribution in [1.82, 2.24) is 0 Å². The van der Waals surface area contributed by atoms with E-state index in [9.17, 15) is 9.18 Å². The summed E-state index contributed by atoms with van der Waals surface area (Å²) in [6, 6.07) is 4.28. The summed E-state index contributed by atoms with van der Waals surface area (Å²) in [5.74, 6) is -1.97. The highest BCUT2D eigenvalue weighted by atomic mass is 19.1. The van der Waals surface area contributed by atoms with Crippen LogP contribution < -0.4 is 4.74 Å². The Labute approximate surface area is 93.9 Å². The third-order valence-corrected chi connectivity index (χ3v) is 2.45. The predicted molar refractivity (Wildman–Crippen MR) is 58.2 cm³/mol. The monoisotopic (exact) mass is 226 g/mol. The third-order valence-electron chi connectivity index (χ3n) is 2.45. The van der Waals surface area contributed by atoms with Gasteiger partial charge in [-0.25, -0.2) is 4.39 Å². The Morgan fingerprint density at radius 3 is 2.69 bits per heavy atom. The molecule has 4 heteroatoms. The SMILES string of the molecule is CCCC(C(=O)O)c1ccc(OC)c(F)c1. The van der Waals surface area contributed by atoms with Crippen LogP contribution in [0.1, 0.15) is 31.2 Å². The molecule has 1 rings (SSSR count). The van der Waals surface area contributed by atoms with E-state index in [-0.39, 0.29) is 5.75 Å². The molecule has 1 aromatic carbocycles. The van der Waals surface area contributed by atoms with E-state index < -0.39 is 17.7 Å². The van der Waals surface area contributed by atoms with E-state index in [2.05, 4.69) is 0 Å². The number of hydrogen-bond acceptors (Lipinski definition) is 2. The smallest absolute Gasteiger partial charge is 0.310 e. The molecule has 0 saturated heterocycles. The van der Waals surface area contributed by atoms with Crippen LogP contribution in [0.3, 0.4) is 0 Å². The molecule has 0 fully saturated rings. The highest BCUT2D eigenvalue weighted by molar-refractivity contribution is 5.76. The highest BCUT2D eigenvalue weighted by Crippen LogP contribution is 2.26. The number of ether oxygens (including phenoxy) is 1. The first-order valence-electron chi connectivity index (χ1n) is 5.16. The molecule has 1 N–H and O–H groups in total. The second-order valence-electron chi connectivity index (χ2n) is 3.57. The number of methoxy groups -OCH3 is 1. The summed E-state index contributed by atoms with van der Waals surface area (Å²) >= 11 is 0. The molecule has 0 radical (unpaired) electrons. The lowest BCUT2D eigenvalue weighted by molar-refractivity contribution is -0.139. The van der Waals surface area contributed by atoms with Crippen molar-refractivity contribution in [1.29, 1.82) is 0 Å². The molecule has 0 amide bonds. The van der Waals surface area contributed by atoms with Crippen molar-refractivity contribution in [3.63, 3.8) is 0 Å². The molecule has 0 heterocycles. The van der Waals surface area contributed by atoms with Crippen LogP contribution in [0.15, 0.2) is 18.2 Å². The van der Waals surface area contributed by atoms with E-state index in [1.54, 1.807) is 6.07 Å². The summed E-state index contributed by atoms with van der Waals surface area (Å²) in [5.41, 5.74) is 0.479. The molecule has 88 valence electrons. The van der Waals surface area contributed by atoms with Crippen molar-refractivity contribution >= 4 is 5.97 Å². The van der Waals surface area contributed by atoms with Crippen molar-refractivity contribution in [3.8, 4) is 5.75 Å².